The van der Waals surface area contributed by atoms with Crippen LogP contribution in [0.3, 0.4) is 0 Å². The molecule has 1 N–H and O–H groups in total. The second-order valence-corrected chi connectivity index (χ2v) is 7.33. The summed E-state index contributed by atoms with van der Waals surface area (Å²) in [5.74, 6) is 1.67. The molecular formula is C21H27N3O2. The van der Waals surface area contributed by atoms with Gasteiger partial charge in [-0.1, -0.05) is 18.2 Å². The van der Waals surface area contributed by atoms with Gasteiger partial charge in [0.05, 0.1) is 12.7 Å². The Morgan fingerprint density at radius 1 is 1.15 bits per heavy atom. The van der Waals surface area contributed by atoms with E-state index in [0.717, 1.165) is 43.2 Å². The van der Waals surface area contributed by atoms with Crippen LogP contribution in [0.5, 0.6) is 5.75 Å². The highest BCUT2D eigenvalue weighted by molar-refractivity contribution is 5.95. The van der Waals surface area contributed by atoms with E-state index in [1.165, 1.54) is 18.4 Å². The van der Waals surface area contributed by atoms with E-state index in [9.17, 15) is 4.79 Å². The number of rotatable bonds is 5. The van der Waals surface area contributed by atoms with Gasteiger partial charge in [0.1, 0.15) is 5.75 Å². The predicted molar refractivity (Wildman–Crippen MR) is 102 cm³/mol. The Hall–Kier alpha value is -2.27. The number of carbonyl (C=O) groups excluding carboxylic acids is 1. The van der Waals surface area contributed by atoms with Gasteiger partial charge < -0.3 is 14.6 Å². The van der Waals surface area contributed by atoms with Gasteiger partial charge >= 0.3 is 0 Å². The summed E-state index contributed by atoms with van der Waals surface area (Å²) in [6.45, 7) is 5.52. The van der Waals surface area contributed by atoms with Gasteiger partial charge in [-0.05, 0) is 37.8 Å². The second-order valence-electron chi connectivity index (χ2n) is 7.33. The number of piperazine rings is 1. The van der Waals surface area contributed by atoms with E-state index in [1.807, 2.05) is 29.3 Å². The molecule has 1 saturated carbocycles. The number of hydrogen-bond donors (Lipinski definition) is 1. The lowest BCUT2D eigenvalue weighted by Crippen LogP contribution is -2.49. The van der Waals surface area contributed by atoms with Crippen molar-refractivity contribution in [2.24, 2.45) is 0 Å². The molecule has 0 bridgehead atoms. The number of carbonyl (C=O) groups is 1. The van der Waals surface area contributed by atoms with Crippen LogP contribution >= 0.6 is 0 Å². The molecule has 1 aliphatic heterocycles. The topological polar surface area (TPSA) is 48.6 Å². The van der Waals surface area contributed by atoms with Crippen molar-refractivity contribution in [3.63, 3.8) is 0 Å². The standard InChI is InChI=1S/C21H27N3O2/c1-15(17-5-3-4-6-19(17)26-2)23-11-13-24(14-12-23)21(25)18-9-10-22-20(18)16-7-8-16/h3-6,9-10,15-16,22H,7-8,11-14H2,1-2H3. The van der Waals surface area contributed by atoms with Crippen LogP contribution < -0.4 is 4.74 Å². The van der Waals surface area contributed by atoms with Crippen LogP contribution in [0.4, 0.5) is 0 Å². The van der Waals surface area contributed by atoms with E-state index in [0.29, 0.717) is 5.92 Å². The van der Waals surface area contributed by atoms with E-state index >= 15 is 0 Å². The smallest absolute Gasteiger partial charge is 0.255 e. The molecule has 1 aliphatic carbocycles. The van der Waals surface area contributed by atoms with Crippen LogP contribution in [0.2, 0.25) is 0 Å². The van der Waals surface area contributed by atoms with Gasteiger partial charge in [-0.25, -0.2) is 0 Å². The molecule has 26 heavy (non-hydrogen) atoms. The molecule has 5 heteroatoms. The summed E-state index contributed by atoms with van der Waals surface area (Å²) >= 11 is 0. The van der Waals surface area contributed by atoms with Crippen LogP contribution in [0.15, 0.2) is 36.5 Å². The monoisotopic (exact) mass is 353 g/mol. The van der Waals surface area contributed by atoms with Gasteiger partial charge in [0.2, 0.25) is 0 Å². The van der Waals surface area contributed by atoms with Crippen molar-refractivity contribution < 1.29 is 9.53 Å². The molecule has 2 aliphatic rings. The maximum Gasteiger partial charge on any atom is 0.255 e. The molecule has 1 saturated heterocycles. The van der Waals surface area contributed by atoms with Gasteiger partial charge in [0, 0.05) is 49.7 Å². The van der Waals surface area contributed by atoms with Crippen molar-refractivity contribution >= 4 is 5.91 Å². The molecule has 2 fully saturated rings. The number of methoxy groups -OCH3 is 1. The Balaban J connectivity index is 1.40. The largest absolute Gasteiger partial charge is 0.496 e. The number of amides is 1. The Labute approximate surface area is 154 Å². The van der Waals surface area contributed by atoms with Gasteiger partial charge in [-0.15, -0.1) is 0 Å². The number of hydrogen-bond acceptors (Lipinski definition) is 3. The first kappa shape index (κ1) is 17.2. The zero-order valence-electron chi connectivity index (χ0n) is 15.6. The van der Waals surface area contributed by atoms with Gasteiger partial charge in [-0.3, -0.25) is 9.69 Å². The summed E-state index contributed by atoms with van der Waals surface area (Å²) < 4.78 is 5.51. The van der Waals surface area contributed by atoms with E-state index in [4.69, 9.17) is 4.74 Å². The molecule has 1 amide bonds. The number of para-hydroxylation sites is 1. The summed E-state index contributed by atoms with van der Waals surface area (Å²) in [5.41, 5.74) is 3.22. The minimum atomic E-state index is 0.178. The average molecular weight is 353 g/mol. The zero-order chi connectivity index (χ0) is 18.1. The van der Waals surface area contributed by atoms with Crippen LogP contribution in [0.25, 0.3) is 0 Å². The first-order valence-corrected chi connectivity index (χ1v) is 9.52. The fourth-order valence-corrected chi connectivity index (χ4v) is 3.97. The highest BCUT2D eigenvalue weighted by atomic mass is 16.5. The maximum atomic E-state index is 12.9. The summed E-state index contributed by atoms with van der Waals surface area (Å²) in [6.07, 6.45) is 4.30. The lowest BCUT2D eigenvalue weighted by Gasteiger charge is -2.38. The molecule has 2 heterocycles. The molecule has 1 atom stereocenters. The molecule has 1 aromatic carbocycles. The van der Waals surface area contributed by atoms with E-state index in [1.54, 1.807) is 7.11 Å². The minimum absolute atomic E-state index is 0.178. The summed E-state index contributed by atoms with van der Waals surface area (Å²) in [4.78, 5) is 20.6. The van der Waals surface area contributed by atoms with E-state index in [-0.39, 0.29) is 11.9 Å². The second kappa shape index (κ2) is 7.16. The number of aromatic amines is 1. The normalized spacial score (nSPS) is 19.4. The lowest BCUT2D eigenvalue weighted by atomic mass is 10.0. The fourth-order valence-electron chi connectivity index (χ4n) is 3.97. The first-order chi connectivity index (χ1) is 12.7. The number of ether oxygens (including phenoxy) is 1. The molecular weight excluding hydrogens is 326 g/mol. The highest BCUT2D eigenvalue weighted by Crippen LogP contribution is 2.41. The van der Waals surface area contributed by atoms with Crippen molar-refractivity contribution in [2.45, 2.75) is 31.7 Å². The molecule has 1 aromatic heterocycles. The fraction of sp³-hybridized carbons (Fsp3) is 0.476. The van der Waals surface area contributed by atoms with Gasteiger partial charge in [0.25, 0.3) is 5.91 Å². The third-order valence-electron chi connectivity index (χ3n) is 5.73. The summed E-state index contributed by atoms with van der Waals surface area (Å²) in [7, 11) is 1.72. The van der Waals surface area contributed by atoms with Crippen LogP contribution in [0, 0.1) is 0 Å². The van der Waals surface area contributed by atoms with Gasteiger partial charge in [0.15, 0.2) is 0 Å². The molecule has 2 aromatic rings. The van der Waals surface area contributed by atoms with Gasteiger partial charge in [-0.2, -0.15) is 0 Å². The third kappa shape index (κ3) is 3.23. The van der Waals surface area contributed by atoms with E-state index in [2.05, 4.69) is 28.9 Å². The van der Waals surface area contributed by atoms with Crippen molar-refractivity contribution in [1.82, 2.24) is 14.8 Å². The van der Waals surface area contributed by atoms with Crippen LogP contribution in [-0.4, -0.2) is 54.0 Å². The number of aromatic nitrogens is 1. The van der Waals surface area contributed by atoms with Crippen molar-refractivity contribution in [1.29, 1.82) is 0 Å². The van der Waals surface area contributed by atoms with Crippen LogP contribution in [0.1, 0.15) is 53.3 Å². The molecule has 0 radical (unpaired) electrons. The number of H-pyrrole nitrogens is 1. The average Bonchev–Trinajstić information content (AvgIpc) is 3.43. The Kier molecular flexibility index (Phi) is 4.72. The number of nitrogens with one attached hydrogen (secondary N) is 1. The molecule has 138 valence electrons. The van der Waals surface area contributed by atoms with Crippen molar-refractivity contribution in [2.75, 3.05) is 33.3 Å². The number of benzene rings is 1. The SMILES string of the molecule is COc1ccccc1C(C)N1CCN(C(=O)c2cc[nH]c2C2CC2)CC1. The van der Waals surface area contributed by atoms with Crippen molar-refractivity contribution in [3.05, 3.63) is 53.3 Å². The summed E-state index contributed by atoms with van der Waals surface area (Å²) in [6, 6.07) is 10.4. The Morgan fingerprint density at radius 2 is 1.88 bits per heavy atom. The van der Waals surface area contributed by atoms with Crippen molar-refractivity contribution in [3.8, 4) is 5.75 Å². The maximum absolute atomic E-state index is 12.9. The van der Waals surface area contributed by atoms with E-state index < -0.39 is 0 Å². The highest BCUT2D eigenvalue weighted by Gasteiger charge is 2.32. The number of nitrogens with zero attached hydrogens (tertiary/aromatic N) is 2. The molecule has 5 nitrogen and oxygen atoms in total. The minimum Gasteiger partial charge on any atom is -0.496 e. The molecule has 1 unspecified atom stereocenters. The Bertz CT molecular complexity index is 773. The quantitative estimate of drug-likeness (QED) is 0.896. The van der Waals surface area contributed by atoms with Crippen LogP contribution in [-0.2, 0) is 0 Å². The first-order valence-electron chi connectivity index (χ1n) is 9.52. The lowest BCUT2D eigenvalue weighted by molar-refractivity contribution is 0.0579. The molecule has 4 rings (SSSR count). The predicted octanol–water partition coefficient (Wildman–Crippen LogP) is 3.42. The molecule has 0 spiro atoms. The Morgan fingerprint density at radius 3 is 2.58 bits per heavy atom. The summed E-state index contributed by atoms with van der Waals surface area (Å²) in [5, 5.41) is 0. The zero-order valence-corrected chi connectivity index (χ0v) is 15.6. The third-order valence-corrected chi connectivity index (χ3v) is 5.73.